The molecular formula is C7H12N4. The SMILES string of the molecule is CC(C)N1Cc2nncn2C1. The highest BCUT2D eigenvalue weighted by Crippen LogP contribution is 2.14. The van der Waals surface area contributed by atoms with Gasteiger partial charge in [0.25, 0.3) is 0 Å². The summed E-state index contributed by atoms with van der Waals surface area (Å²) < 4.78 is 2.08. The minimum Gasteiger partial charge on any atom is -0.303 e. The van der Waals surface area contributed by atoms with Gasteiger partial charge in [-0.25, -0.2) is 0 Å². The van der Waals surface area contributed by atoms with Crippen molar-refractivity contribution in [2.45, 2.75) is 33.1 Å². The molecule has 1 aliphatic rings. The Kier molecular flexibility index (Phi) is 1.42. The minimum atomic E-state index is 0.594. The first-order valence-electron chi connectivity index (χ1n) is 3.88. The van der Waals surface area contributed by atoms with Crippen LogP contribution in [0.5, 0.6) is 0 Å². The largest absolute Gasteiger partial charge is 0.303 e. The van der Waals surface area contributed by atoms with Gasteiger partial charge in [0, 0.05) is 6.04 Å². The standard InChI is InChI=1S/C7H12N4/c1-6(2)10-3-7-9-8-4-11(7)5-10/h4,6H,3,5H2,1-2H3. The summed E-state index contributed by atoms with van der Waals surface area (Å²) in [5.74, 6) is 1.08. The number of hydrogen-bond donors (Lipinski definition) is 0. The van der Waals surface area contributed by atoms with Crippen molar-refractivity contribution in [1.82, 2.24) is 19.7 Å². The average molecular weight is 152 g/mol. The monoisotopic (exact) mass is 152 g/mol. The molecule has 0 spiro atoms. The van der Waals surface area contributed by atoms with Gasteiger partial charge in [0.1, 0.15) is 12.2 Å². The molecule has 60 valence electrons. The Bertz CT molecular complexity index is 232. The molecule has 0 saturated carbocycles. The van der Waals surface area contributed by atoms with Crippen LogP contribution in [0.4, 0.5) is 0 Å². The first kappa shape index (κ1) is 6.79. The number of aromatic nitrogens is 3. The quantitative estimate of drug-likeness (QED) is 0.586. The lowest BCUT2D eigenvalue weighted by Gasteiger charge is -2.17. The maximum absolute atomic E-state index is 4.00. The first-order valence-corrected chi connectivity index (χ1v) is 3.88. The summed E-state index contributed by atoms with van der Waals surface area (Å²) in [6.45, 7) is 6.28. The maximum Gasteiger partial charge on any atom is 0.148 e. The van der Waals surface area contributed by atoms with E-state index in [1.807, 2.05) is 0 Å². The summed E-state index contributed by atoms with van der Waals surface area (Å²) in [6, 6.07) is 0.594. The fourth-order valence-corrected chi connectivity index (χ4v) is 1.29. The molecule has 2 rings (SSSR count). The van der Waals surface area contributed by atoms with Crippen molar-refractivity contribution >= 4 is 0 Å². The minimum absolute atomic E-state index is 0.594. The molecule has 0 atom stereocenters. The van der Waals surface area contributed by atoms with Crippen LogP contribution in [0.25, 0.3) is 0 Å². The Balaban J connectivity index is 2.16. The van der Waals surface area contributed by atoms with E-state index < -0.39 is 0 Å². The van der Waals surface area contributed by atoms with E-state index in [2.05, 4.69) is 33.5 Å². The molecule has 0 N–H and O–H groups in total. The highest BCUT2D eigenvalue weighted by atomic mass is 15.4. The molecular weight excluding hydrogens is 140 g/mol. The lowest BCUT2D eigenvalue weighted by atomic mass is 10.3. The summed E-state index contributed by atoms with van der Waals surface area (Å²) in [5.41, 5.74) is 0. The first-order chi connectivity index (χ1) is 5.27. The molecule has 1 aliphatic heterocycles. The Morgan fingerprint density at radius 2 is 2.36 bits per heavy atom. The van der Waals surface area contributed by atoms with Crippen molar-refractivity contribution in [2.75, 3.05) is 0 Å². The number of rotatable bonds is 1. The van der Waals surface area contributed by atoms with Crippen molar-refractivity contribution < 1.29 is 0 Å². The van der Waals surface area contributed by atoms with Gasteiger partial charge in [-0.1, -0.05) is 0 Å². The predicted molar refractivity (Wildman–Crippen MR) is 40.7 cm³/mol. The van der Waals surface area contributed by atoms with Gasteiger partial charge < -0.3 is 4.57 Å². The van der Waals surface area contributed by atoms with E-state index in [4.69, 9.17) is 0 Å². The predicted octanol–water partition coefficient (Wildman–Crippen LogP) is 0.460. The van der Waals surface area contributed by atoms with Crippen LogP contribution < -0.4 is 0 Å². The van der Waals surface area contributed by atoms with E-state index in [9.17, 15) is 0 Å². The molecule has 4 nitrogen and oxygen atoms in total. The van der Waals surface area contributed by atoms with Crippen LogP contribution in [0.1, 0.15) is 19.7 Å². The van der Waals surface area contributed by atoms with Crippen LogP contribution in [-0.4, -0.2) is 25.7 Å². The Morgan fingerprint density at radius 1 is 1.55 bits per heavy atom. The highest BCUT2D eigenvalue weighted by molar-refractivity contribution is 4.91. The zero-order valence-electron chi connectivity index (χ0n) is 6.86. The Labute approximate surface area is 65.8 Å². The second-order valence-corrected chi connectivity index (χ2v) is 3.20. The van der Waals surface area contributed by atoms with Crippen molar-refractivity contribution in [2.24, 2.45) is 0 Å². The molecule has 0 saturated heterocycles. The molecule has 4 heteroatoms. The van der Waals surface area contributed by atoms with E-state index >= 15 is 0 Å². The molecule has 2 heterocycles. The molecule has 1 aromatic rings. The lowest BCUT2D eigenvalue weighted by molar-refractivity contribution is 0.202. The van der Waals surface area contributed by atoms with Gasteiger partial charge in [-0.2, -0.15) is 0 Å². The van der Waals surface area contributed by atoms with E-state index in [1.54, 1.807) is 6.33 Å². The summed E-state index contributed by atoms with van der Waals surface area (Å²) in [4.78, 5) is 2.35. The molecule has 0 aromatic carbocycles. The molecule has 0 fully saturated rings. The molecule has 0 aliphatic carbocycles. The zero-order chi connectivity index (χ0) is 7.84. The second-order valence-electron chi connectivity index (χ2n) is 3.20. The van der Waals surface area contributed by atoms with Crippen LogP contribution in [0.15, 0.2) is 6.33 Å². The lowest BCUT2D eigenvalue weighted by Crippen LogP contribution is -2.25. The Hall–Kier alpha value is -0.900. The zero-order valence-corrected chi connectivity index (χ0v) is 6.86. The van der Waals surface area contributed by atoms with E-state index in [0.29, 0.717) is 6.04 Å². The average Bonchev–Trinajstić information content (AvgIpc) is 2.40. The fraction of sp³-hybridized carbons (Fsp3) is 0.714. The van der Waals surface area contributed by atoms with Gasteiger partial charge in [0.15, 0.2) is 0 Å². The van der Waals surface area contributed by atoms with Crippen LogP contribution in [0, 0.1) is 0 Å². The van der Waals surface area contributed by atoms with Crippen molar-refractivity contribution in [3.8, 4) is 0 Å². The molecule has 0 bridgehead atoms. The number of nitrogens with zero attached hydrogens (tertiary/aromatic N) is 4. The normalized spacial score (nSPS) is 17.7. The van der Waals surface area contributed by atoms with Crippen LogP contribution >= 0.6 is 0 Å². The molecule has 0 radical (unpaired) electrons. The van der Waals surface area contributed by atoms with Gasteiger partial charge in [-0.15, -0.1) is 10.2 Å². The van der Waals surface area contributed by atoms with Gasteiger partial charge in [0.2, 0.25) is 0 Å². The smallest absolute Gasteiger partial charge is 0.148 e. The third-order valence-electron chi connectivity index (χ3n) is 2.10. The molecule has 0 amide bonds. The third-order valence-corrected chi connectivity index (χ3v) is 2.10. The van der Waals surface area contributed by atoms with Gasteiger partial charge in [-0.05, 0) is 13.8 Å². The number of fused-ring (bicyclic) bond motifs is 1. The summed E-state index contributed by atoms with van der Waals surface area (Å²) in [6.07, 6.45) is 1.79. The van der Waals surface area contributed by atoms with Crippen LogP contribution in [-0.2, 0) is 13.2 Å². The summed E-state index contributed by atoms with van der Waals surface area (Å²) in [5, 5.41) is 7.82. The third kappa shape index (κ3) is 1.03. The highest BCUT2D eigenvalue weighted by Gasteiger charge is 2.21. The number of hydrogen-bond acceptors (Lipinski definition) is 3. The summed E-state index contributed by atoms with van der Waals surface area (Å²) >= 11 is 0. The van der Waals surface area contributed by atoms with E-state index in [0.717, 1.165) is 19.0 Å². The maximum atomic E-state index is 4.00. The van der Waals surface area contributed by atoms with Gasteiger partial charge in [0.05, 0.1) is 13.2 Å². The van der Waals surface area contributed by atoms with Crippen molar-refractivity contribution in [3.05, 3.63) is 12.2 Å². The fourth-order valence-electron chi connectivity index (χ4n) is 1.29. The van der Waals surface area contributed by atoms with Crippen LogP contribution in [0.2, 0.25) is 0 Å². The molecule has 0 unspecified atom stereocenters. The molecule has 1 aromatic heterocycles. The summed E-state index contributed by atoms with van der Waals surface area (Å²) in [7, 11) is 0. The second kappa shape index (κ2) is 2.30. The van der Waals surface area contributed by atoms with E-state index in [1.165, 1.54) is 0 Å². The van der Waals surface area contributed by atoms with Crippen molar-refractivity contribution in [1.29, 1.82) is 0 Å². The molecule has 11 heavy (non-hydrogen) atoms. The Morgan fingerprint density at radius 3 is 3.00 bits per heavy atom. The van der Waals surface area contributed by atoms with E-state index in [-0.39, 0.29) is 0 Å². The van der Waals surface area contributed by atoms with Crippen molar-refractivity contribution in [3.63, 3.8) is 0 Å². The van der Waals surface area contributed by atoms with Crippen LogP contribution in [0.3, 0.4) is 0 Å². The van der Waals surface area contributed by atoms with Gasteiger partial charge >= 0.3 is 0 Å². The van der Waals surface area contributed by atoms with Gasteiger partial charge in [-0.3, -0.25) is 4.90 Å². The topological polar surface area (TPSA) is 34.0 Å².